The smallest absolute Gasteiger partial charge is 0.508 e. The lowest BCUT2D eigenvalue weighted by molar-refractivity contribution is 0.0206. The van der Waals surface area contributed by atoms with Crippen LogP contribution in [0.15, 0.2) is 48.5 Å². The first-order chi connectivity index (χ1) is 14.2. The summed E-state index contributed by atoms with van der Waals surface area (Å²) >= 11 is 0. The Morgan fingerprint density at radius 3 is 1.77 bits per heavy atom. The molecule has 164 valence electrons. The highest BCUT2D eigenvalue weighted by Gasteiger charge is 2.18. The van der Waals surface area contributed by atoms with Gasteiger partial charge in [0.1, 0.15) is 17.1 Å². The van der Waals surface area contributed by atoms with Gasteiger partial charge < -0.3 is 14.6 Å². The van der Waals surface area contributed by atoms with Crippen molar-refractivity contribution in [2.75, 3.05) is 0 Å². The highest BCUT2D eigenvalue weighted by atomic mass is 16.7. The van der Waals surface area contributed by atoms with Gasteiger partial charge in [0.25, 0.3) is 0 Å². The van der Waals surface area contributed by atoms with E-state index in [9.17, 15) is 9.90 Å². The Morgan fingerprint density at radius 2 is 1.33 bits per heavy atom. The van der Waals surface area contributed by atoms with Gasteiger partial charge in [-0.2, -0.15) is 0 Å². The zero-order valence-corrected chi connectivity index (χ0v) is 19.0. The van der Waals surface area contributed by atoms with Crippen molar-refractivity contribution in [2.24, 2.45) is 0 Å². The Kier molecular flexibility index (Phi) is 8.76. The second kappa shape index (κ2) is 11.1. The minimum absolute atomic E-state index is 0.318. The lowest BCUT2D eigenvalue weighted by Gasteiger charge is -2.20. The summed E-state index contributed by atoms with van der Waals surface area (Å²) < 4.78 is 10.5. The maximum atomic E-state index is 11.8. The highest BCUT2D eigenvalue weighted by Crippen LogP contribution is 2.31. The fraction of sp³-hybridized carbons (Fsp3) is 0.500. The van der Waals surface area contributed by atoms with Gasteiger partial charge in [-0.15, -0.1) is 0 Å². The van der Waals surface area contributed by atoms with Crippen LogP contribution in [0.4, 0.5) is 4.79 Å². The van der Waals surface area contributed by atoms with Gasteiger partial charge in [-0.3, -0.25) is 0 Å². The summed E-state index contributed by atoms with van der Waals surface area (Å²) in [6.07, 6.45) is 4.89. The van der Waals surface area contributed by atoms with Crippen molar-refractivity contribution in [1.29, 1.82) is 0 Å². The quantitative estimate of drug-likeness (QED) is 0.341. The molecule has 2 unspecified atom stereocenters. The number of benzene rings is 2. The predicted octanol–water partition coefficient (Wildman–Crippen LogP) is 7.56. The monoisotopic (exact) mass is 412 g/mol. The van der Waals surface area contributed by atoms with Gasteiger partial charge >= 0.3 is 6.16 Å². The largest absolute Gasteiger partial charge is 0.514 e. The molecule has 0 radical (unpaired) electrons. The zero-order valence-electron chi connectivity index (χ0n) is 19.0. The van der Waals surface area contributed by atoms with Gasteiger partial charge in [-0.25, -0.2) is 4.79 Å². The van der Waals surface area contributed by atoms with Crippen LogP contribution in [0.1, 0.15) is 89.7 Å². The first-order valence-corrected chi connectivity index (χ1v) is 11.0. The normalized spacial score (nSPS) is 13.5. The van der Waals surface area contributed by atoms with Crippen LogP contribution < -0.4 is 4.74 Å². The van der Waals surface area contributed by atoms with E-state index in [4.69, 9.17) is 9.47 Å². The topological polar surface area (TPSA) is 55.8 Å². The molecule has 0 aromatic heterocycles. The molecule has 0 aliphatic carbocycles. The van der Waals surface area contributed by atoms with Crippen LogP contribution in [0.5, 0.6) is 11.5 Å². The van der Waals surface area contributed by atoms with E-state index in [1.165, 1.54) is 11.1 Å². The van der Waals surface area contributed by atoms with Gasteiger partial charge in [0.2, 0.25) is 0 Å². The molecule has 2 aromatic carbocycles. The number of phenolic OH excluding ortho intramolecular Hbond substituents is 1. The summed E-state index contributed by atoms with van der Waals surface area (Å²) in [4.78, 5) is 11.8. The van der Waals surface area contributed by atoms with Crippen molar-refractivity contribution < 1.29 is 19.4 Å². The van der Waals surface area contributed by atoms with E-state index in [1.807, 2.05) is 57.2 Å². The summed E-state index contributed by atoms with van der Waals surface area (Å²) in [7, 11) is 0. The van der Waals surface area contributed by atoms with E-state index < -0.39 is 11.8 Å². The predicted molar refractivity (Wildman–Crippen MR) is 121 cm³/mol. The number of hydrogen-bond donors (Lipinski definition) is 1. The van der Waals surface area contributed by atoms with Crippen LogP contribution in [-0.4, -0.2) is 16.9 Å². The van der Waals surface area contributed by atoms with Crippen LogP contribution >= 0.6 is 0 Å². The number of carbonyl (C=O) groups excluding carboxylic acids is 1. The summed E-state index contributed by atoms with van der Waals surface area (Å²) in [5, 5.41) is 9.50. The molecule has 0 aliphatic rings. The molecule has 30 heavy (non-hydrogen) atoms. The third-order valence-corrected chi connectivity index (χ3v) is 5.40. The van der Waals surface area contributed by atoms with E-state index >= 15 is 0 Å². The van der Waals surface area contributed by atoms with E-state index in [1.54, 1.807) is 12.1 Å². The fourth-order valence-electron chi connectivity index (χ4n) is 3.75. The van der Waals surface area contributed by atoms with Crippen LogP contribution in [0, 0.1) is 0 Å². The Morgan fingerprint density at radius 1 is 0.867 bits per heavy atom. The number of rotatable bonds is 9. The molecule has 0 spiro atoms. The number of ether oxygens (including phenoxy) is 2. The Balaban J connectivity index is 1.89. The third kappa shape index (κ3) is 7.74. The second-order valence-electron chi connectivity index (χ2n) is 8.87. The first kappa shape index (κ1) is 23.8. The molecule has 0 saturated heterocycles. The molecule has 0 heterocycles. The summed E-state index contributed by atoms with van der Waals surface area (Å²) in [5.41, 5.74) is 2.00. The molecule has 0 fully saturated rings. The molecular formula is C26H36O4. The molecule has 1 N–H and O–H groups in total. The van der Waals surface area contributed by atoms with Crippen LogP contribution in [-0.2, 0) is 4.74 Å². The standard InChI is InChI=1S/C26H36O4/c1-6-19(21-11-15-23(27)16-12-21)9-8-10-20(7-2)22-13-17-24(18-14-22)29-25(28)30-26(3,4)5/h11-20,27H,6-10H2,1-5H3. The van der Waals surface area contributed by atoms with Crippen molar-refractivity contribution in [2.45, 2.75) is 84.2 Å². The SMILES string of the molecule is CCC(CCCC(CC)c1ccc(OC(=O)OC(C)(C)C)cc1)c1ccc(O)cc1. The molecule has 0 aliphatic heterocycles. The van der Waals surface area contributed by atoms with Gasteiger partial charge in [0.05, 0.1) is 0 Å². The molecule has 0 amide bonds. The zero-order chi connectivity index (χ0) is 22.1. The van der Waals surface area contributed by atoms with E-state index in [0.717, 1.165) is 32.1 Å². The maximum Gasteiger partial charge on any atom is 0.514 e. The molecule has 4 nitrogen and oxygen atoms in total. The van der Waals surface area contributed by atoms with E-state index in [-0.39, 0.29) is 0 Å². The first-order valence-electron chi connectivity index (χ1n) is 11.0. The molecular weight excluding hydrogens is 376 g/mol. The van der Waals surface area contributed by atoms with E-state index in [2.05, 4.69) is 13.8 Å². The average Bonchev–Trinajstić information content (AvgIpc) is 2.68. The van der Waals surface area contributed by atoms with Gasteiger partial charge in [0, 0.05) is 0 Å². The minimum Gasteiger partial charge on any atom is -0.508 e. The van der Waals surface area contributed by atoms with Crippen molar-refractivity contribution in [1.82, 2.24) is 0 Å². The van der Waals surface area contributed by atoms with Gasteiger partial charge in [-0.1, -0.05) is 44.5 Å². The highest BCUT2D eigenvalue weighted by molar-refractivity contribution is 5.64. The van der Waals surface area contributed by atoms with Crippen molar-refractivity contribution in [3.8, 4) is 11.5 Å². The van der Waals surface area contributed by atoms with Crippen molar-refractivity contribution in [3.63, 3.8) is 0 Å². The molecule has 2 rings (SSSR count). The Bertz CT molecular complexity index is 772. The Hall–Kier alpha value is -2.49. The fourth-order valence-corrected chi connectivity index (χ4v) is 3.75. The molecule has 0 saturated carbocycles. The molecule has 4 heteroatoms. The summed E-state index contributed by atoms with van der Waals surface area (Å²) in [6, 6.07) is 15.4. The van der Waals surface area contributed by atoms with Gasteiger partial charge in [-0.05, 0) is 93.7 Å². The molecule has 2 aromatic rings. The Labute approximate surface area is 181 Å². The molecule has 2 atom stereocenters. The van der Waals surface area contributed by atoms with E-state index in [0.29, 0.717) is 23.3 Å². The number of carbonyl (C=O) groups is 1. The maximum absolute atomic E-state index is 11.8. The summed E-state index contributed by atoms with van der Waals surface area (Å²) in [5.74, 6) is 1.82. The van der Waals surface area contributed by atoms with Crippen LogP contribution in [0.3, 0.4) is 0 Å². The van der Waals surface area contributed by atoms with Crippen LogP contribution in [0.2, 0.25) is 0 Å². The van der Waals surface area contributed by atoms with Crippen molar-refractivity contribution >= 4 is 6.16 Å². The van der Waals surface area contributed by atoms with Crippen molar-refractivity contribution in [3.05, 3.63) is 59.7 Å². The number of phenols is 1. The average molecular weight is 413 g/mol. The minimum atomic E-state index is -0.679. The number of aromatic hydroxyl groups is 1. The third-order valence-electron chi connectivity index (χ3n) is 5.40. The second-order valence-corrected chi connectivity index (χ2v) is 8.87. The lowest BCUT2D eigenvalue weighted by Crippen LogP contribution is -2.25. The number of hydrogen-bond acceptors (Lipinski definition) is 4. The lowest BCUT2D eigenvalue weighted by atomic mass is 9.86. The summed E-state index contributed by atoms with van der Waals surface area (Å²) in [6.45, 7) is 9.88. The van der Waals surface area contributed by atoms with Gasteiger partial charge in [0.15, 0.2) is 0 Å². The molecule has 0 bridgehead atoms. The van der Waals surface area contributed by atoms with Crippen LogP contribution in [0.25, 0.3) is 0 Å².